The van der Waals surface area contributed by atoms with E-state index in [-0.39, 0.29) is 16.8 Å². The summed E-state index contributed by atoms with van der Waals surface area (Å²) in [5.41, 5.74) is 2.83. The number of fused-ring (bicyclic) bond motifs is 5. The minimum absolute atomic E-state index is 0.0657. The molecule has 0 unspecified atom stereocenters. The van der Waals surface area contributed by atoms with Crippen LogP contribution in [0.1, 0.15) is 68.9 Å². The molecule has 0 bridgehead atoms. The molecule has 0 amide bonds. The van der Waals surface area contributed by atoms with Gasteiger partial charge >= 0.3 is 0 Å². The van der Waals surface area contributed by atoms with Gasteiger partial charge in [-0.05, 0) is 29.9 Å². The van der Waals surface area contributed by atoms with E-state index in [4.69, 9.17) is 4.42 Å². The molecular formula is C19H16O4. The average molecular weight is 308 g/mol. The number of hydrogen-bond donors (Lipinski definition) is 0. The number of carbonyl (C=O) groups is 3. The van der Waals surface area contributed by atoms with Gasteiger partial charge in [-0.3, -0.25) is 14.4 Å². The van der Waals surface area contributed by atoms with Gasteiger partial charge in [0.2, 0.25) is 11.6 Å². The fraction of sp³-hybridized carbons (Fsp3) is 0.316. The van der Waals surface area contributed by atoms with Gasteiger partial charge in [-0.15, -0.1) is 0 Å². The summed E-state index contributed by atoms with van der Waals surface area (Å²) in [5.74, 6) is -0.839. The van der Waals surface area contributed by atoms with E-state index < -0.39 is 11.6 Å². The van der Waals surface area contributed by atoms with Crippen LogP contribution < -0.4 is 0 Å². The second-order valence-electron chi connectivity index (χ2n) is 7.00. The van der Waals surface area contributed by atoms with Gasteiger partial charge in [-0.25, -0.2) is 0 Å². The van der Waals surface area contributed by atoms with Crippen LogP contribution in [0.3, 0.4) is 0 Å². The lowest BCUT2D eigenvalue weighted by atomic mass is 9.68. The smallest absolute Gasteiger partial charge is 0.237 e. The lowest BCUT2D eigenvalue weighted by Crippen LogP contribution is -2.32. The molecule has 0 radical (unpaired) electrons. The number of aryl methyl sites for hydroxylation is 1. The van der Waals surface area contributed by atoms with Crippen molar-refractivity contribution in [2.45, 2.75) is 39.0 Å². The third-order valence-electron chi connectivity index (χ3n) is 5.07. The molecule has 0 saturated heterocycles. The second-order valence-corrected chi connectivity index (χ2v) is 7.00. The minimum atomic E-state index is -0.597. The Kier molecular flexibility index (Phi) is 2.63. The molecule has 116 valence electrons. The minimum Gasteiger partial charge on any atom is -0.463 e. The molecule has 0 N–H and O–H groups in total. The summed E-state index contributed by atoms with van der Waals surface area (Å²) < 4.78 is 5.53. The summed E-state index contributed by atoms with van der Waals surface area (Å²) in [4.78, 5) is 37.7. The highest BCUT2D eigenvalue weighted by Crippen LogP contribution is 2.44. The first-order valence-corrected chi connectivity index (χ1v) is 7.71. The summed E-state index contributed by atoms with van der Waals surface area (Å²) in [6.45, 7) is 5.86. The Morgan fingerprint density at radius 2 is 1.70 bits per heavy atom. The summed E-state index contributed by atoms with van der Waals surface area (Å²) in [5, 5.41) is 0. The van der Waals surface area contributed by atoms with Crippen LogP contribution in [-0.4, -0.2) is 17.3 Å². The zero-order valence-electron chi connectivity index (χ0n) is 13.3. The molecule has 0 saturated carbocycles. The van der Waals surface area contributed by atoms with E-state index in [1.165, 1.54) is 6.26 Å². The zero-order valence-corrected chi connectivity index (χ0v) is 13.3. The van der Waals surface area contributed by atoms with Crippen LogP contribution in [0, 0.1) is 6.92 Å². The van der Waals surface area contributed by atoms with E-state index in [1.54, 1.807) is 13.0 Å². The molecule has 23 heavy (non-hydrogen) atoms. The molecule has 1 aromatic heterocycles. The second kappa shape index (κ2) is 4.28. The number of benzene rings is 1. The van der Waals surface area contributed by atoms with Crippen LogP contribution in [0.2, 0.25) is 0 Å². The molecule has 0 atom stereocenters. The van der Waals surface area contributed by atoms with Crippen LogP contribution in [0.15, 0.2) is 22.8 Å². The maximum absolute atomic E-state index is 12.7. The molecule has 4 heteroatoms. The highest BCUT2D eigenvalue weighted by Gasteiger charge is 2.41. The number of rotatable bonds is 0. The molecule has 2 aromatic rings. The van der Waals surface area contributed by atoms with Crippen molar-refractivity contribution < 1.29 is 18.8 Å². The van der Waals surface area contributed by atoms with Gasteiger partial charge in [0.05, 0.1) is 11.8 Å². The molecule has 2 aliphatic rings. The Labute approximate surface area is 133 Å². The maximum atomic E-state index is 12.7. The Morgan fingerprint density at radius 3 is 2.43 bits per heavy atom. The predicted octanol–water partition coefficient (Wildman–Crippen LogP) is 3.89. The fourth-order valence-electron chi connectivity index (χ4n) is 3.72. The third kappa shape index (κ3) is 1.69. The van der Waals surface area contributed by atoms with Gasteiger partial charge in [0.25, 0.3) is 0 Å². The molecular weight excluding hydrogens is 292 g/mol. The Hall–Kier alpha value is -2.49. The van der Waals surface area contributed by atoms with Gasteiger partial charge in [0.1, 0.15) is 5.76 Å². The first-order valence-electron chi connectivity index (χ1n) is 7.71. The van der Waals surface area contributed by atoms with Crippen LogP contribution in [0.5, 0.6) is 0 Å². The van der Waals surface area contributed by atoms with E-state index >= 15 is 0 Å². The number of Topliss-reactive ketones (excluding diaryl/α,β-unsaturated/α-hetero) is 3. The summed E-state index contributed by atoms with van der Waals surface area (Å²) >= 11 is 0. The van der Waals surface area contributed by atoms with E-state index in [0.717, 1.165) is 12.0 Å². The largest absolute Gasteiger partial charge is 0.463 e. The van der Waals surface area contributed by atoms with Crippen LogP contribution in [-0.2, 0) is 5.41 Å². The predicted molar refractivity (Wildman–Crippen MR) is 84.1 cm³/mol. The molecule has 1 aromatic carbocycles. The Morgan fingerprint density at radius 1 is 1.00 bits per heavy atom. The highest BCUT2D eigenvalue weighted by atomic mass is 16.3. The van der Waals surface area contributed by atoms with Crippen LogP contribution in [0.4, 0.5) is 0 Å². The lowest BCUT2D eigenvalue weighted by Gasteiger charge is -2.33. The summed E-state index contributed by atoms with van der Waals surface area (Å²) in [7, 11) is 0. The van der Waals surface area contributed by atoms with Crippen molar-refractivity contribution in [2.75, 3.05) is 0 Å². The van der Waals surface area contributed by atoms with E-state index in [2.05, 4.69) is 13.8 Å². The van der Waals surface area contributed by atoms with Gasteiger partial charge in [0.15, 0.2) is 5.78 Å². The van der Waals surface area contributed by atoms with Gasteiger partial charge in [0, 0.05) is 23.1 Å². The summed E-state index contributed by atoms with van der Waals surface area (Å²) in [6, 6.07) is 3.70. The topological polar surface area (TPSA) is 64.3 Å². The standard InChI is InChI=1S/C19H16O4/c1-9-8-23-18-10-4-5-11-15(12(20)6-7-19(11,2)3)14(10)17(22)16(21)13(9)18/h4-5,8H,6-7H2,1-3H3. The maximum Gasteiger partial charge on any atom is 0.237 e. The molecule has 0 spiro atoms. The quantitative estimate of drug-likeness (QED) is 0.693. The van der Waals surface area contributed by atoms with Crippen LogP contribution >= 0.6 is 0 Å². The number of ketones is 3. The molecule has 1 heterocycles. The zero-order chi connectivity index (χ0) is 16.5. The Balaban J connectivity index is 2.12. The first kappa shape index (κ1) is 14.1. The van der Waals surface area contributed by atoms with E-state index in [9.17, 15) is 14.4 Å². The molecule has 0 fully saturated rings. The van der Waals surface area contributed by atoms with Crippen molar-refractivity contribution >= 4 is 17.3 Å². The monoisotopic (exact) mass is 308 g/mol. The normalized spacial score (nSPS) is 18.5. The van der Waals surface area contributed by atoms with Crippen molar-refractivity contribution in [3.05, 3.63) is 46.2 Å². The highest BCUT2D eigenvalue weighted by molar-refractivity contribution is 6.54. The van der Waals surface area contributed by atoms with Gasteiger partial charge < -0.3 is 4.42 Å². The average Bonchev–Trinajstić information content (AvgIpc) is 2.90. The van der Waals surface area contributed by atoms with Gasteiger partial charge in [-0.2, -0.15) is 0 Å². The summed E-state index contributed by atoms with van der Waals surface area (Å²) in [6.07, 6.45) is 2.61. The molecule has 4 rings (SSSR count). The molecule has 2 aliphatic carbocycles. The first-order chi connectivity index (χ1) is 10.8. The van der Waals surface area contributed by atoms with Crippen molar-refractivity contribution in [1.82, 2.24) is 0 Å². The number of carbonyl (C=O) groups excluding carboxylic acids is 3. The lowest BCUT2D eigenvalue weighted by molar-refractivity contribution is 0.0810. The molecule has 0 aliphatic heterocycles. The SMILES string of the molecule is Cc1coc2c1C(=O)C(=O)c1c-2ccc2c1C(=O)CCC2(C)C. The molecule has 4 nitrogen and oxygen atoms in total. The Bertz CT molecular complexity index is 912. The number of hydrogen-bond acceptors (Lipinski definition) is 4. The van der Waals surface area contributed by atoms with Crippen LogP contribution in [0.25, 0.3) is 11.3 Å². The van der Waals surface area contributed by atoms with Gasteiger partial charge in [-0.1, -0.05) is 26.0 Å². The van der Waals surface area contributed by atoms with Crippen molar-refractivity contribution in [2.24, 2.45) is 0 Å². The van der Waals surface area contributed by atoms with Crippen molar-refractivity contribution in [3.63, 3.8) is 0 Å². The third-order valence-corrected chi connectivity index (χ3v) is 5.07. The number of furan rings is 1. The van der Waals surface area contributed by atoms with Crippen molar-refractivity contribution in [3.8, 4) is 11.3 Å². The van der Waals surface area contributed by atoms with E-state index in [0.29, 0.717) is 34.4 Å². The van der Waals surface area contributed by atoms with E-state index in [1.807, 2.05) is 6.07 Å². The fourth-order valence-corrected chi connectivity index (χ4v) is 3.72. The van der Waals surface area contributed by atoms with Crippen molar-refractivity contribution in [1.29, 1.82) is 0 Å².